The summed E-state index contributed by atoms with van der Waals surface area (Å²) in [5.74, 6) is 0. The largest absolute Gasteiger partial charge is 0.393 e. The van der Waals surface area contributed by atoms with Crippen LogP contribution in [0.2, 0.25) is 0 Å². The van der Waals surface area contributed by atoms with Gasteiger partial charge in [0.1, 0.15) is 5.69 Å². The number of aryl methyl sites for hydroxylation is 1. The van der Waals surface area contributed by atoms with E-state index in [0.29, 0.717) is 0 Å². The molecule has 0 radical (unpaired) electrons. The number of nitrogens with two attached hydrogens (primary N) is 1. The Labute approximate surface area is 117 Å². The van der Waals surface area contributed by atoms with Crippen LogP contribution in [-0.4, -0.2) is 12.0 Å². The maximum Gasteiger partial charge on any atom is 0.292 e. The Bertz CT molecular complexity index is 641. The number of rotatable bonds is 4. The molecule has 20 heavy (non-hydrogen) atoms. The lowest BCUT2D eigenvalue weighted by Gasteiger charge is -2.20. The van der Waals surface area contributed by atoms with Crippen LogP contribution in [0.5, 0.6) is 0 Å². The lowest BCUT2D eigenvalue weighted by molar-refractivity contribution is -0.383. The van der Waals surface area contributed by atoms with Crippen LogP contribution in [0.15, 0.2) is 42.5 Å². The van der Waals surface area contributed by atoms with Gasteiger partial charge in [0, 0.05) is 25.3 Å². The Morgan fingerprint density at radius 1 is 1.25 bits per heavy atom. The normalized spacial score (nSPS) is 10.3. The van der Waals surface area contributed by atoms with Crippen LogP contribution in [0, 0.1) is 17.0 Å². The van der Waals surface area contributed by atoms with Gasteiger partial charge in [0.15, 0.2) is 0 Å². The molecule has 0 amide bonds. The third-order valence-electron chi connectivity index (χ3n) is 3.15. The van der Waals surface area contributed by atoms with Gasteiger partial charge in [0.25, 0.3) is 5.69 Å². The second-order valence-corrected chi connectivity index (χ2v) is 4.85. The highest BCUT2D eigenvalue weighted by atomic mass is 16.6. The number of benzene rings is 2. The fraction of sp³-hybridized carbons (Fsp3) is 0.200. The Morgan fingerprint density at radius 3 is 2.60 bits per heavy atom. The number of nitro groups is 1. The van der Waals surface area contributed by atoms with Crippen LogP contribution in [0.3, 0.4) is 0 Å². The summed E-state index contributed by atoms with van der Waals surface area (Å²) < 4.78 is 0. The minimum absolute atomic E-state index is 0.0577. The fourth-order valence-corrected chi connectivity index (χ4v) is 2.12. The van der Waals surface area contributed by atoms with Gasteiger partial charge >= 0.3 is 0 Å². The van der Waals surface area contributed by atoms with E-state index in [4.69, 9.17) is 5.73 Å². The minimum atomic E-state index is -0.473. The van der Waals surface area contributed by atoms with Crippen LogP contribution in [0.25, 0.3) is 0 Å². The van der Waals surface area contributed by atoms with Crippen molar-refractivity contribution in [2.45, 2.75) is 13.5 Å². The van der Waals surface area contributed by atoms with Gasteiger partial charge < -0.3 is 10.6 Å². The lowest BCUT2D eigenvalue weighted by atomic mass is 10.1. The van der Waals surface area contributed by atoms with E-state index in [1.807, 2.05) is 31.0 Å². The smallest absolute Gasteiger partial charge is 0.292 e. The number of nitrogen functional groups attached to an aromatic ring is 1. The molecule has 0 fully saturated rings. The monoisotopic (exact) mass is 271 g/mol. The number of hydrogen-bond donors (Lipinski definition) is 1. The van der Waals surface area contributed by atoms with E-state index in [-0.39, 0.29) is 11.4 Å². The minimum Gasteiger partial charge on any atom is -0.393 e. The van der Waals surface area contributed by atoms with E-state index in [2.05, 4.69) is 12.1 Å². The van der Waals surface area contributed by atoms with Crippen LogP contribution >= 0.6 is 0 Å². The topological polar surface area (TPSA) is 72.4 Å². The summed E-state index contributed by atoms with van der Waals surface area (Å²) in [6.45, 7) is 2.77. The van der Waals surface area contributed by atoms with Gasteiger partial charge in [-0.15, -0.1) is 0 Å². The van der Waals surface area contributed by atoms with Crippen molar-refractivity contribution in [3.05, 3.63) is 63.7 Å². The van der Waals surface area contributed by atoms with Crippen LogP contribution in [-0.2, 0) is 6.54 Å². The first-order valence-electron chi connectivity index (χ1n) is 6.28. The van der Waals surface area contributed by atoms with Gasteiger partial charge in [-0.05, 0) is 24.6 Å². The zero-order valence-electron chi connectivity index (χ0n) is 11.5. The fourth-order valence-electron chi connectivity index (χ4n) is 2.12. The first-order valence-corrected chi connectivity index (χ1v) is 6.28. The first kappa shape index (κ1) is 13.9. The summed E-state index contributed by atoms with van der Waals surface area (Å²) in [7, 11) is 1.93. The molecule has 2 aromatic rings. The molecule has 0 aliphatic heterocycles. The van der Waals surface area contributed by atoms with Crippen LogP contribution in [0.1, 0.15) is 11.1 Å². The average Bonchev–Trinajstić information content (AvgIpc) is 2.38. The molecule has 0 saturated heterocycles. The summed E-state index contributed by atoms with van der Waals surface area (Å²) in [6.07, 6.45) is 0. The second-order valence-electron chi connectivity index (χ2n) is 4.85. The molecule has 5 nitrogen and oxygen atoms in total. The molecule has 2 N–H and O–H groups in total. The molecular formula is C15H17N3O2. The third kappa shape index (κ3) is 3.06. The maximum absolute atomic E-state index is 10.7. The Kier molecular flexibility index (Phi) is 3.89. The third-order valence-corrected chi connectivity index (χ3v) is 3.15. The highest BCUT2D eigenvalue weighted by Gasteiger charge is 2.12. The van der Waals surface area contributed by atoms with Crippen molar-refractivity contribution in [3.8, 4) is 0 Å². The van der Waals surface area contributed by atoms with Crippen molar-refractivity contribution in [1.29, 1.82) is 0 Å². The molecule has 104 valence electrons. The molecule has 5 heteroatoms. The molecule has 0 bridgehead atoms. The zero-order chi connectivity index (χ0) is 14.7. The quantitative estimate of drug-likeness (QED) is 0.527. The first-order chi connectivity index (χ1) is 9.47. The van der Waals surface area contributed by atoms with E-state index < -0.39 is 4.92 Å². The van der Waals surface area contributed by atoms with Gasteiger partial charge in [0.2, 0.25) is 0 Å². The average molecular weight is 271 g/mol. The Hall–Kier alpha value is -2.56. The van der Waals surface area contributed by atoms with E-state index in [1.165, 1.54) is 17.2 Å². The second kappa shape index (κ2) is 5.61. The molecule has 0 aromatic heterocycles. The molecule has 0 saturated carbocycles. The molecule has 0 unspecified atom stereocenters. The SMILES string of the molecule is Cc1cccc(CN(C)c2ccc([N+](=O)[O-])c(N)c2)c1. The van der Waals surface area contributed by atoms with Gasteiger partial charge in [0.05, 0.1) is 4.92 Å². The predicted octanol–water partition coefficient (Wildman–Crippen LogP) is 3.12. The molecule has 0 aliphatic carbocycles. The van der Waals surface area contributed by atoms with Crippen molar-refractivity contribution < 1.29 is 4.92 Å². The Morgan fingerprint density at radius 2 is 2.00 bits per heavy atom. The van der Waals surface area contributed by atoms with E-state index in [1.54, 1.807) is 12.1 Å². The summed E-state index contributed by atoms with van der Waals surface area (Å²) in [6, 6.07) is 13.0. The molecule has 0 spiro atoms. The van der Waals surface area contributed by atoms with Crippen molar-refractivity contribution in [2.75, 3.05) is 17.7 Å². The maximum atomic E-state index is 10.7. The molecular weight excluding hydrogens is 254 g/mol. The summed E-state index contributed by atoms with van der Waals surface area (Å²) in [5, 5.41) is 10.7. The van der Waals surface area contributed by atoms with Crippen LogP contribution < -0.4 is 10.6 Å². The molecule has 2 aromatic carbocycles. The van der Waals surface area contributed by atoms with Gasteiger partial charge in [-0.2, -0.15) is 0 Å². The standard InChI is InChI=1S/C15H17N3O2/c1-11-4-3-5-12(8-11)10-17(2)13-6-7-15(18(19)20)14(16)9-13/h3-9H,10,16H2,1-2H3. The van der Waals surface area contributed by atoms with Crippen molar-refractivity contribution in [2.24, 2.45) is 0 Å². The highest BCUT2D eigenvalue weighted by Crippen LogP contribution is 2.27. The van der Waals surface area contributed by atoms with Gasteiger partial charge in [-0.1, -0.05) is 29.8 Å². The number of nitrogens with zero attached hydrogens (tertiary/aromatic N) is 2. The zero-order valence-corrected chi connectivity index (χ0v) is 11.5. The van der Waals surface area contributed by atoms with Crippen LogP contribution in [0.4, 0.5) is 17.1 Å². The van der Waals surface area contributed by atoms with E-state index >= 15 is 0 Å². The molecule has 0 atom stereocenters. The van der Waals surface area contributed by atoms with Gasteiger partial charge in [-0.25, -0.2) is 0 Å². The summed E-state index contributed by atoms with van der Waals surface area (Å²) in [5.41, 5.74) is 9.08. The van der Waals surface area contributed by atoms with E-state index in [0.717, 1.165) is 12.2 Å². The molecule has 0 heterocycles. The molecule has 0 aliphatic rings. The highest BCUT2D eigenvalue weighted by molar-refractivity contribution is 5.66. The number of anilines is 2. The van der Waals surface area contributed by atoms with Gasteiger partial charge in [-0.3, -0.25) is 10.1 Å². The molecule has 2 rings (SSSR count). The van der Waals surface area contributed by atoms with Crippen molar-refractivity contribution in [3.63, 3.8) is 0 Å². The van der Waals surface area contributed by atoms with Crippen molar-refractivity contribution in [1.82, 2.24) is 0 Å². The lowest BCUT2D eigenvalue weighted by Crippen LogP contribution is -2.16. The van der Waals surface area contributed by atoms with E-state index in [9.17, 15) is 10.1 Å². The summed E-state index contributed by atoms with van der Waals surface area (Å²) >= 11 is 0. The number of hydrogen-bond acceptors (Lipinski definition) is 4. The predicted molar refractivity (Wildman–Crippen MR) is 80.8 cm³/mol. The number of nitro benzene ring substituents is 1. The Balaban J connectivity index is 2.19. The van der Waals surface area contributed by atoms with Crippen molar-refractivity contribution >= 4 is 17.1 Å². The summed E-state index contributed by atoms with van der Waals surface area (Å²) in [4.78, 5) is 12.3.